The first-order valence-corrected chi connectivity index (χ1v) is 5.57. The van der Waals surface area contributed by atoms with Crippen molar-refractivity contribution in [2.45, 2.75) is 26.2 Å². The Labute approximate surface area is 94.4 Å². The van der Waals surface area contributed by atoms with Crippen LogP contribution in [0.5, 0.6) is 0 Å². The van der Waals surface area contributed by atoms with Crippen LogP contribution in [0.4, 0.5) is 0 Å². The number of carbonyl (C=O) groups is 1. The van der Waals surface area contributed by atoms with E-state index in [-0.39, 0.29) is 17.6 Å². The fourth-order valence-electron chi connectivity index (χ4n) is 2.05. The molecule has 88 valence electrons. The van der Waals surface area contributed by atoms with Crippen molar-refractivity contribution in [3.8, 4) is 0 Å². The average molecular weight is 223 g/mol. The number of aromatic nitrogens is 4. The number of tetrazole rings is 1. The monoisotopic (exact) mass is 223 g/mol. The molecule has 1 N–H and O–H groups in total. The molecule has 0 bridgehead atoms. The molecule has 1 aliphatic heterocycles. The molecule has 2 rings (SSSR count). The van der Waals surface area contributed by atoms with Crippen LogP contribution in [0, 0.1) is 5.41 Å². The summed E-state index contributed by atoms with van der Waals surface area (Å²) in [4.78, 5) is 13.5. The van der Waals surface area contributed by atoms with E-state index in [2.05, 4.69) is 20.7 Å². The van der Waals surface area contributed by atoms with Gasteiger partial charge in [-0.15, -0.1) is 10.2 Å². The van der Waals surface area contributed by atoms with Crippen LogP contribution >= 0.6 is 0 Å². The minimum atomic E-state index is -0.266. The molecular weight excluding hydrogens is 206 g/mol. The van der Waals surface area contributed by atoms with E-state index in [1.807, 2.05) is 6.92 Å². The van der Waals surface area contributed by atoms with Crippen LogP contribution < -0.4 is 5.32 Å². The summed E-state index contributed by atoms with van der Waals surface area (Å²) < 4.78 is 0. The van der Waals surface area contributed by atoms with Gasteiger partial charge in [0.25, 0.3) is 0 Å². The van der Waals surface area contributed by atoms with Gasteiger partial charge in [0, 0.05) is 12.0 Å². The summed E-state index contributed by atoms with van der Waals surface area (Å²) in [5, 5.41) is 14.9. The molecule has 0 spiro atoms. The largest absolute Gasteiger partial charge is 0.316 e. The Morgan fingerprint density at radius 2 is 2.44 bits per heavy atom. The lowest BCUT2D eigenvalue weighted by molar-refractivity contribution is -0.128. The highest BCUT2D eigenvalue weighted by Gasteiger charge is 2.34. The highest BCUT2D eigenvalue weighted by Crippen LogP contribution is 2.27. The van der Waals surface area contributed by atoms with Crippen molar-refractivity contribution in [1.29, 1.82) is 0 Å². The van der Waals surface area contributed by atoms with Gasteiger partial charge in [-0.05, 0) is 24.6 Å². The lowest BCUT2D eigenvalue weighted by atomic mass is 9.78. The maximum absolute atomic E-state index is 12.1. The van der Waals surface area contributed by atoms with Gasteiger partial charge in [0.15, 0.2) is 5.82 Å². The number of aryl methyl sites for hydroxylation is 1. The Morgan fingerprint density at radius 1 is 1.62 bits per heavy atom. The van der Waals surface area contributed by atoms with Crippen LogP contribution in [0.3, 0.4) is 0 Å². The van der Waals surface area contributed by atoms with Crippen LogP contribution in [0.2, 0.25) is 0 Å². The minimum absolute atomic E-state index is 0.202. The lowest BCUT2D eigenvalue weighted by Crippen LogP contribution is -2.44. The van der Waals surface area contributed by atoms with Crippen LogP contribution in [0.15, 0.2) is 0 Å². The number of rotatable bonds is 3. The third kappa shape index (κ3) is 2.27. The van der Waals surface area contributed by atoms with E-state index >= 15 is 0 Å². The number of ketones is 1. The van der Waals surface area contributed by atoms with Crippen molar-refractivity contribution in [3.63, 3.8) is 0 Å². The summed E-state index contributed by atoms with van der Waals surface area (Å²) in [6, 6.07) is 0. The van der Waals surface area contributed by atoms with Gasteiger partial charge in [0.1, 0.15) is 5.78 Å². The van der Waals surface area contributed by atoms with Gasteiger partial charge in [-0.1, -0.05) is 6.92 Å². The molecule has 1 aromatic heterocycles. The predicted octanol–water partition coefficient (Wildman–Crippen LogP) is -0.289. The molecule has 1 fully saturated rings. The quantitative estimate of drug-likeness (QED) is 0.762. The van der Waals surface area contributed by atoms with Crippen molar-refractivity contribution in [1.82, 2.24) is 25.5 Å². The smallest absolute Gasteiger partial charge is 0.182 e. The fraction of sp³-hybridized carbons (Fsp3) is 0.800. The Balaban J connectivity index is 2.01. The number of Topliss-reactive ketones (excluding diaryl/α,β-unsaturated/α-hetero) is 1. The molecule has 0 saturated carbocycles. The number of nitrogens with zero attached hydrogens (tertiary/aromatic N) is 4. The fourth-order valence-corrected chi connectivity index (χ4v) is 2.05. The zero-order valence-corrected chi connectivity index (χ0v) is 9.73. The SMILES string of the molecule is Cn1nnc(CC(=O)C2(C)CCCNC2)n1. The normalized spacial score (nSPS) is 25.6. The van der Waals surface area contributed by atoms with Crippen LogP contribution in [0.1, 0.15) is 25.6 Å². The Kier molecular flexibility index (Phi) is 3.00. The molecule has 2 heterocycles. The molecule has 1 aliphatic rings. The van der Waals surface area contributed by atoms with E-state index in [1.165, 1.54) is 4.80 Å². The standard InChI is InChI=1S/C10H17N5O/c1-10(4-3-5-11-7-10)8(16)6-9-12-14-15(2)13-9/h11H,3-7H2,1-2H3. The van der Waals surface area contributed by atoms with Crippen LogP contribution in [-0.4, -0.2) is 39.1 Å². The first kappa shape index (κ1) is 11.2. The molecule has 1 saturated heterocycles. The second kappa shape index (κ2) is 4.29. The maximum atomic E-state index is 12.1. The number of nitrogens with one attached hydrogen (secondary N) is 1. The van der Waals surface area contributed by atoms with E-state index in [9.17, 15) is 4.79 Å². The van der Waals surface area contributed by atoms with E-state index in [4.69, 9.17) is 0 Å². The zero-order chi connectivity index (χ0) is 11.6. The van der Waals surface area contributed by atoms with Crippen molar-refractivity contribution in [3.05, 3.63) is 5.82 Å². The molecule has 1 atom stereocenters. The zero-order valence-electron chi connectivity index (χ0n) is 9.73. The molecule has 0 amide bonds. The summed E-state index contributed by atoms with van der Waals surface area (Å²) in [5.41, 5.74) is -0.266. The van der Waals surface area contributed by atoms with Crippen molar-refractivity contribution in [2.24, 2.45) is 12.5 Å². The van der Waals surface area contributed by atoms with Crippen molar-refractivity contribution >= 4 is 5.78 Å². The second-order valence-corrected chi connectivity index (χ2v) is 4.64. The third-order valence-electron chi connectivity index (χ3n) is 3.14. The van der Waals surface area contributed by atoms with Crippen molar-refractivity contribution in [2.75, 3.05) is 13.1 Å². The summed E-state index contributed by atoms with van der Waals surface area (Å²) in [7, 11) is 1.70. The minimum Gasteiger partial charge on any atom is -0.316 e. The number of hydrogen-bond acceptors (Lipinski definition) is 5. The Bertz CT molecular complexity index is 380. The Morgan fingerprint density at radius 3 is 3.00 bits per heavy atom. The van der Waals surface area contributed by atoms with E-state index in [1.54, 1.807) is 7.05 Å². The van der Waals surface area contributed by atoms with E-state index in [0.717, 1.165) is 25.9 Å². The number of piperidine rings is 1. The molecule has 16 heavy (non-hydrogen) atoms. The summed E-state index contributed by atoms with van der Waals surface area (Å²) >= 11 is 0. The van der Waals surface area contributed by atoms with Gasteiger partial charge >= 0.3 is 0 Å². The maximum Gasteiger partial charge on any atom is 0.182 e. The predicted molar refractivity (Wildman–Crippen MR) is 57.7 cm³/mol. The van der Waals surface area contributed by atoms with Gasteiger partial charge in [0.05, 0.1) is 13.5 Å². The molecule has 0 aliphatic carbocycles. The molecular formula is C10H17N5O. The van der Waals surface area contributed by atoms with Gasteiger partial charge in [0.2, 0.25) is 0 Å². The van der Waals surface area contributed by atoms with Crippen molar-refractivity contribution < 1.29 is 4.79 Å². The van der Waals surface area contributed by atoms with Crippen LogP contribution in [-0.2, 0) is 18.3 Å². The molecule has 0 aromatic carbocycles. The molecule has 0 radical (unpaired) electrons. The molecule has 1 aromatic rings. The van der Waals surface area contributed by atoms with E-state index < -0.39 is 0 Å². The molecule has 6 nitrogen and oxygen atoms in total. The van der Waals surface area contributed by atoms with Gasteiger partial charge < -0.3 is 5.32 Å². The summed E-state index contributed by atoms with van der Waals surface area (Å²) in [6.07, 6.45) is 2.28. The van der Waals surface area contributed by atoms with Crippen LogP contribution in [0.25, 0.3) is 0 Å². The molecule has 1 unspecified atom stereocenters. The molecule has 6 heteroatoms. The number of hydrogen-bond donors (Lipinski definition) is 1. The van der Waals surface area contributed by atoms with Gasteiger partial charge in [-0.2, -0.15) is 4.80 Å². The second-order valence-electron chi connectivity index (χ2n) is 4.64. The Hall–Kier alpha value is -1.30. The summed E-state index contributed by atoms with van der Waals surface area (Å²) in [6.45, 7) is 3.77. The lowest BCUT2D eigenvalue weighted by Gasteiger charge is -2.32. The number of carbonyl (C=O) groups excluding carboxylic acids is 1. The highest BCUT2D eigenvalue weighted by molar-refractivity contribution is 5.86. The van der Waals surface area contributed by atoms with E-state index in [0.29, 0.717) is 5.82 Å². The first-order valence-electron chi connectivity index (χ1n) is 5.57. The topological polar surface area (TPSA) is 72.7 Å². The summed E-state index contributed by atoms with van der Waals surface area (Å²) in [5.74, 6) is 0.715. The van der Waals surface area contributed by atoms with Gasteiger partial charge in [-0.3, -0.25) is 4.79 Å². The first-order chi connectivity index (χ1) is 7.60. The van der Waals surface area contributed by atoms with Gasteiger partial charge in [-0.25, -0.2) is 0 Å². The third-order valence-corrected chi connectivity index (χ3v) is 3.14. The highest BCUT2D eigenvalue weighted by atomic mass is 16.1. The average Bonchev–Trinajstić information content (AvgIpc) is 2.65.